The van der Waals surface area contributed by atoms with Gasteiger partial charge in [0, 0.05) is 18.4 Å². The molecular formula is C13H17ClO4. The van der Waals surface area contributed by atoms with Crippen molar-refractivity contribution in [3.8, 4) is 5.75 Å². The molecule has 1 aromatic carbocycles. The van der Waals surface area contributed by atoms with Gasteiger partial charge >= 0.3 is 5.97 Å². The zero-order valence-electron chi connectivity index (χ0n) is 10.7. The number of hydrogen-bond donors (Lipinski definition) is 1. The molecule has 100 valence electrons. The first-order valence-corrected chi connectivity index (χ1v) is 6.05. The summed E-state index contributed by atoms with van der Waals surface area (Å²) in [4.78, 5) is 11.0. The lowest BCUT2D eigenvalue weighted by Gasteiger charge is -2.25. The Hall–Kier alpha value is -1.26. The fourth-order valence-electron chi connectivity index (χ4n) is 1.31. The van der Waals surface area contributed by atoms with E-state index in [1.54, 1.807) is 25.1 Å². The van der Waals surface area contributed by atoms with Crippen molar-refractivity contribution >= 4 is 17.6 Å². The first-order chi connectivity index (χ1) is 8.34. The van der Waals surface area contributed by atoms with Gasteiger partial charge in [-0.15, -0.1) is 0 Å². The van der Waals surface area contributed by atoms with Crippen LogP contribution in [0.2, 0.25) is 5.02 Å². The largest absolute Gasteiger partial charge is 0.459 e. The van der Waals surface area contributed by atoms with Crippen molar-refractivity contribution in [3.63, 3.8) is 0 Å². The molecule has 0 aliphatic carbocycles. The predicted octanol–water partition coefficient (Wildman–Crippen LogP) is 2.69. The number of esters is 1. The number of ether oxygens (including phenoxy) is 2. The number of benzene rings is 1. The molecule has 0 aliphatic heterocycles. The van der Waals surface area contributed by atoms with Crippen LogP contribution in [0.3, 0.4) is 0 Å². The van der Waals surface area contributed by atoms with Crippen LogP contribution in [0.5, 0.6) is 5.75 Å². The lowest BCUT2D eigenvalue weighted by atomic mass is 10.2. The Labute approximate surface area is 111 Å². The third-order valence-electron chi connectivity index (χ3n) is 2.26. The maximum absolute atomic E-state index is 11.0. The minimum Gasteiger partial charge on any atom is -0.459 e. The van der Waals surface area contributed by atoms with Crippen molar-refractivity contribution in [2.75, 3.05) is 6.61 Å². The second-order valence-corrected chi connectivity index (χ2v) is 4.64. The number of aliphatic hydroxyl groups is 1. The first-order valence-electron chi connectivity index (χ1n) is 5.67. The van der Waals surface area contributed by atoms with Crippen molar-refractivity contribution < 1.29 is 19.4 Å². The van der Waals surface area contributed by atoms with Crippen LogP contribution in [-0.4, -0.2) is 23.5 Å². The minimum absolute atomic E-state index is 0.220. The number of rotatable bonds is 5. The van der Waals surface area contributed by atoms with Crippen molar-refractivity contribution in [2.24, 2.45) is 0 Å². The van der Waals surface area contributed by atoms with Gasteiger partial charge in [-0.25, -0.2) is 0 Å². The molecule has 0 heterocycles. The van der Waals surface area contributed by atoms with Gasteiger partial charge in [0.2, 0.25) is 5.79 Å². The summed E-state index contributed by atoms with van der Waals surface area (Å²) in [7, 11) is 0. The summed E-state index contributed by atoms with van der Waals surface area (Å²) in [5.74, 6) is -1.45. The van der Waals surface area contributed by atoms with Crippen molar-refractivity contribution in [1.82, 2.24) is 0 Å². The molecule has 0 amide bonds. The van der Waals surface area contributed by atoms with E-state index in [0.29, 0.717) is 10.8 Å². The van der Waals surface area contributed by atoms with Crippen molar-refractivity contribution in [1.29, 1.82) is 0 Å². The molecule has 4 nitrogen and oxygen atoms in total. The molecule has 0 radical (unpaired) electrons. The average Bonchev–Trinajstić information content (AvgIpc) is 2.30. The molecule has 0 fully saturated rings. The molecule has 0 saturated heterocycles. The highest BCUT2D eigenvalue weighted by Crippen LogP contribution is 2.25. The normalized spacial score (nSPS) is 13.8. The highest BCUT2D eigenvalue weighted by molar-refractivity contribution is 6.30. The lowest BCUT2D eigenvalue weighted by molar-refractivity contribution is -0.179. The Bertz CT molecular complexity index is 429. The monoisotopic (exact) mass is 272 g/mol. The Morgan fingerprint density at radius 2 is 2.17 bits per heavy atom. The molecule has 0 aliphatic rings. The van der Waals surface area contributed by atoms with E-state index in [9.17, 15) is 9.90 Å². The summed E-state index contributed by atoms with van der Waals surface area (Å²) in [5.41, 5.74) is 0.796. The number of carbonyl (C=O) groups is 1. The highest BCUT2D eigenvalue weighted by atomic mass is 35.5. The zero-order chi connectivity index (χ0) is 13.8. The quantitative estimate of drug-likeness (QED) is 0.661. The van der Waals surface area contributed by atoms with Crippen LogP contribution in [0.15, 0.2) is 18.2 Å². The van der Waals surface area contributed by atoms with Gasteiger partial charge in [0.1, 0.15) is 5.75 Å². The molecule has 1 rings (SSSR count). The van der Waals surface area contributed by atoms with E-state index >= 15 is 0 Å². The van der Waals surface area contributed by atoms with Gasteiger partial charge in [-0.1, -0.05) is 18.5 Å². The highest BCUT2D eigenvalue weighted by Gasteiger charge is 2.25. The second-order valence-electron chi connectivity index (χ2n) is 4.20. The van der Waals surface area contributed by atoms with Gasteiger partial charge < -0.3 is 14.6 Å². The molecule has 18 heavy (non-hydrogen) atoms. The maximum Gasteiger partial charge on any atom is 0.305 e. The fraction of sp³-hybridized carbons (Fsp3) is 0.462. The van der Waals surface area contributed by atoms with E-state index in [-0.39, 0.29) is 19.0 Å². The number of halogens is 1. The summed E-state index contributed by atoms with van der Waals surface area (Å²) in [6.45, 7) is 4.71. The summed E-state index contributed by atoms with van der Waals surface area (Å²) in [6.07, 6.45) is 0.260. The third kappa shape index (κ3) is 4.55. The summed E-state index contributed by atoms with van der Waals surface area (Å²) in [5, 5.41) is 10.6. The first kappa shape index (κ1) is 14.8. The molecule has 1 unspecified atom stereocenters. The zero-order valence-corrected chi connectivity index (χ0v) is 11.5. The van der Waals surface area contributed by atoms with E-state index in [0.717, 1.165) is 5.56 Å². The fourth-order valence-corrected chi connectivity index (χ4v) is 1.54. The molecule has 0 aromatic heterocycles. The van der Waals surface area contributed by atoms with Gasteiger partial charge in [-0.3, -0.25) is 4.79 Å². The molecule has 1 aromatic rings. The second kappa shape index (κ2) is 6.07. The Morgan fingerprint density at radius 1 is 1.50 bits per heavy atom. The van der Waals surface area contributed by atoms with Crippen LogP contribution in [0.1, 0.15) is 25.8 Å². The van der Waals surface area contributed by atoms with Crippen molar-refractivity contribution in [3.05, 3.63) is 28.8 Å². The summed E-state index contributed by atoms with van der Waals surface area (Å²) in [6, 6.07) is 5.05. The Kier molecular flexibility index (Phi) is 4.99. The Balaban J connectivity index is 2.66. The smallest absolute Gasteiger partial charge is 0.305 e. The lowest BCUT2D eigenvalue weighted by Crippen LogP contribution is -2.38. The van der Waals surface area contributed by atoms with Crippen LogP contribution >= 0.6 is 11.6 Å². The Morgan fingerprint density at radius 3 is 2.72 bits per heavy atom. The third-order valence-corrected chi connectivity index (χ3v) is 2.49. The molecule has 0 bridgehead atoms. The minimum atomic E-state index is -1.57. The van der Waals surface area contributed by atoms with Crippen LogP contribution in [0.25, 0.3) is 0 Å². The van der Waals surface area contributed by atoms with E-state index in [1.165, 1.54) is 6.92 Å². The van der Waals surface area contributed by atoms with Crippen LogP contribution < -0.4 is 4.74 Å². The van der Waals surface area contributed by atoms with Gasteiger partial charge in [0.05, 0.1) is 0 Å². The molecule has 1 N–H and O–H groups in total. The summed E-state index contributed by atoms with van der Waals surface area (Å²) >= 11 is 5.82. The maximum atomic E-state index is 11.0. The van der Waals surface area contributed by atoms with E-state index in [2.05, 4.69) is 0 Å². The van der Waals surface area contributed by atoms with E-state index in [4.69, 9.17) is 21.1 Å². The molecule has 1 atom stereocenters. The van der Waals surface area contributed by atoms with Gasteiger partial charge in [0.15, 0.2) is 6.61 Å². The molecular weight excluding hydrogens is 256 g/mol. The SMILES string of the molecule is CCC(=O)OCC(C)(O)Oc1ccc(Cl)cc1C. The van der Waals surface area contributed by atoms with Gasteiger partial charge in [-0.2, -0.15) is 0 Å². The number of carbonyl (C=O) groups excluding carboxylic acids is 1. The molecule has 5 heteroatoms. The molecule has 0 spiro atoms. The van der Waals surface area contributed by atoms with Crippen molar-refractivity contribution in [2.45, 2.75) is 33.0 Å². The number of aryl methyl sites for hydroxylation is 1. The van der Waals surface area contributed by atoms with Crippen LogP contribution in [0.4, 0.5) is 0 Å². The molecule has 0 saturated carbocycles. The van der Waals surface area contributed by atoms with Crippen LogP contribution in [-0.2, 0) is 9.53 Å². The standard InChI is InChI=1S/C13H17ClO4/c1-4-12(15)17-8-13(3,16)18-11-6-5-10(14)7-9(11)2/h5-7,16H,4,8H2,1-3H3. The van der Waals surface area contributed by atoms with E-state index < -0.39 is 5.79 Å². The predicted molar refractivity (Wildman–Crippen MR) is 68.7 cm³/mol. The average molecular weight is 273 g/mol. The summed E-state index contributed by atoms with van der Waals surface area (Å²) < 4.78 is 10.3. The van der Waals surface area contributed by atoms with E-state index in [1.807, 2.05) is 6.92 Å². The van der Waals surface area contributed by atoms with Gasteiger partial charge in [0.25, 0.3) is 0 Å². The van der Waals surface area contributed by atoms with Crippen LogP contribution in [0, 0.1) is 6.92 Å². The number of hydrogen-bond acceptors (Lipinski definition) is 4. The van der Waals surface area contributed by atoms with Gasteiger partial charge in [-0.05, 0) is 30.7 Å². The topological polar surface area (TPSA) is 55.8 Å².